The molecule has 2 fully saturated rings. The molecule has 5 heteroatoms. The van der Waals surface area contributed by atoms with E-state index >= 15 is 0 Å². The molecule has 0 radical (unpaired) electrons. The average Bonchev–Trinajstić information content (AvgIpc) is 3.16. The Hall–Kier alpha value is -2.40. The van der Waals surface area contributed by atoms with Crippen LogP contribution in [0.1, 0.15) is 25.7 Å². The second kappa shape index (κ2) is 5.85. The van der Waals surface area contributed by atoms with Crippen molar-refractivity contribution in [1.82, 2.24) is 19.9 Å². The smallest absolute Gasteiger partial charge is 0.232 e. The Morgan fingerprint density at radius 2 is 1.92 bits per heavy atom. The van der Waals surface area contributed by atoms with Crippen LogP contribution in [0, 0.1) is 0 Å². The van der Waals surface area contributed by atoms with Crippen LogP contribution in [0.5, 0.6) is 5.88 Å². The molecule has 0 amide bonds. The van der Waals surface area contributed by atoms with E-state index in [4.69, 9.17) is 4.74 Å². The minimum atomic E-state index is 0.268. The van der Waals surface area contributed by atoms with Crippen molar-refractivity contribution in [3.63, 3.8) is 0 Å². The lowest BCUT2D eigenvalue weighted by Crippen LogP contribution is -2.43. The molecule has 128 valence electrons. The predicted molar refractivity (Wildman–Crippen MR) is 97.5 cm³/mol. The van der Waals surface area contributed by atoms with Crippen LogP contribution in [0.4, 0.5) is 0 Å². The van der Waals surface area contributed by atoms with Gasteiger partial charge in [-0.15, -0.1) is 0 Å². The maximum Gasteiger partial charge on any atom is 0.232 e. The number of aromatic nitrogens is 3. The molecule has 0 saturated carbocycles. The van der Waals surface area contributed by atoms with Crippen LogP contribution in [-0.2, 0) is 0 Å². The van der Waals surface area contributed by atoms with Crippen molar-refractivity contribution in [3.8, 4) is 17.1 Å². The molecule has 2 unspecified atom stereocenters. The van der Waals surface area contributed by atoms with Crippen LogP contribution >= 0.6 is 0 Å². The number of rotatable bonds is 3. The summed E-state index contributed by atoms with van der Waals surface area (Å²) in [5, 5.41) is 1.20. The third-order valence-corrected chi connectivity index (χ3v) is 5.82. The highest BCUT2D eigenvalue weighted by atomic mass is 16.5. The molecule has 5 rings (SSSR count). The first-order valence-corrected chi connectivity index (χ1v) is 9.04. The minimum Gasteiger partial charge on any atom is -0.473 e. The van der Waals surface area contributed by atoms with Crippen molar-refractivity contribution < 1.29 is 4.74 Å². The zero-order valence-electron chi connectivity index (χ0n) is 14.4. The zero-order chi connectivity index (χ0) is 16.8. The van der Waals surface area contributed by atoms with E-state index in [1.54, 1.807) is 6.20 Å². The summed E-state index contributed by atoms with van der Waals surface area (Å²) >= 11 is 0. The van der Waals surface area contributed by atoms with Crippen LogP contribution < -0.4 is 4.74 Å². The van der Waals surface area contributed by atoms with E-state index in [0.717, 1.165) is 29.6 Å². The molecular formula is C20H22N4O. The summed E-state index contributed by atoms with van der Waals surface area (Å²) in [6.07, 6.45) is 10.6. The fraction of sp³-hybridized carbons (Fsp3) is 0.400. The van der Waals surface area contributed by atoms with E-state index in [1.807, 2.05) is 12.4 Å². The Balaban J connectivity index is 1.31. The van der Waals surface area contributed by atoms with Gasteiger partial charge in [0.2, 0.25) is 5.88 Å². The highest BCUT2D eigenvalue weighted by Gasteiger charge is 2.39. The number of hydrogen-bond acceptors (Lipinski definition) is 4. The fourth-order valence-corrected chi connectivity index (χ4v) is 4.36. The Kier molecular flexibility index (Phi) is 3.48. The number of ether oxygens (including phenoxy) is 1. The molecule has 2 aliphatic heterocycles. The summed E-state index contributed by atoms with van der Waals surface area (Å²) in [7, 11) is 2.24. The van der Waals surface area contributed by atoms with Crippen LogP contribution in [0.2, 0.25) is 0 Å². The van der Waals surface area contributed by atoms with Gasteiger partial charge in [0.15, 0.2) is 0 Å². The van der Waals surface area contributed by atoms with Crippen molar-refractivity contribution >= 4 is 10.9 Å². The zero-order valence-corrected chi connectivity index (χ0v) is 14.4. The van der Waals surface area contributed by atoms with Crippen molar-refractivity contribution in [2.75, 3.05) is 7.05 Å². The number of piperidine rings is 1. The number of nitrogens with zero attached hydrogens (tertiary/aromatic N) is 3. The van der Waals surface area contributed by atoms with Crippen molar-refractivity contribution in [1.29, 1.82) is 0 Å². The Bertz CT molecular complexity index is 874. The second-order valence-electron chi connectivity index (χ2n) is 7.28. The summed E-state index contributed by atoms with van der Waals surface area (Å²) in [4.78, 5) is 14.8. The van der Waals surface area contributed by atoms with Crippen LogP contribution in [0.3, 0.4) is 0 Å². The lowest BCUT2D eigenvalue weighted by atomic mass is 10.0. The highest BCUT2D eigenvalue weighted by Crippen LogP contribution is 2.35. The Morgan fingerprint density at radius 1 is 1.08 bits per heavy atom. The minimum absolute atomic E-state index is 0.268. The normalized spacial score (nSPS) is 26.2. The van der Waals surface area contributed by atoms with Crippen molar-refractivity contribution in [3.05, 3.63) is 42.9 Å². The molecule has 0 aliphatic carbocycles. The van der Waals surface area contributed by atoms with Gasteiger partial charge in [0.25, 0.3) is 0 Å². The van der Waals surface area contributed by atoms with Gasteiger partial charge in [-0.05, 0) is 50.2 Å². The Labute approximate surface area is 147 Å². The van der Waals surface area contributed by atoms with Gasteiger partial charge in [-0.25, -0.2) is 9.97 Å². The van der Waals surface area contributed by atoms with E-state index in [1.165, 1.54) is 18.2 Å². The number of aromatic amines is 1. The molecule has 0 spiro atoms. The molecule has 2 bridgehead atoms. The van der Waals surface area contributed by atoms with Gasteiger partial charge < -0.3 is 14.6 Å². The Morgan fingerprint density at radius 3 is 2.68 bits per heavy atom. The fourth-order valence-electron chi connectivity index (χ4n) is 4.36. The van der Waals surface area contributed by atoms with E-state index in [2.05, 4.69) is 51.2 Å². The van der Waals surface area contributed by atoms with Crippen LogP contribution in [0.15, 0.2) is 42.9 Å². The van der Waals surface area contributed by atoms with Gasteiger partial charge in [-0.1, -0.05) is 12.1 Å². The monoisotopic (exact) mass is 334 g/mol. The van der Waals surface area contributed by atoms with E-state index in [9.17, 15) is 0 Å². The number of hydrogen-bond donors (Lipinski definition) is 1. The molecule has 5 nitrogen and oxygen atoms in total. The van der Waals surface area contributed by atoms with Crippen LogP contribution in [-0.4, -0.2) is 45.1 Å². The topological polar surface area (TPSA) is 54.0 Å². The van der Waals surface area contributed by atoms with E-state index in [0.29, 0.717) is 18.0 Å². The van der Waals surface area contributed by atoms with Crippen molar-refractivity contribution in [2.24, 2.45) is 0 Å². The highest BCUT2D eigenvalue weighted by molar-refractivity contribution is 5.84. The van der Waals surface area contributed by atoms with Crippen LogP contribution in [0.25, 0.3) is 22.2 Å². The predicted octanol–water partition coefficient (Wildman–Crippen LogP) is 3.63. The quantitative estimate of drug-likeness (QED) is 0.795. The third kappa shape index (κ3) is 2.68. The number of nitrogens with one attached hydrogen (secondary N) is 1. The van der Waals surface area contributed by atoms with Gasteiger partial charge in [0, 0.05) is 29.4 Å². The first-order valence-electron chi connectivity index (χ1n) is 9.04. The molecule has 2 aromatic heterocycles. The number of fused-ring (bicyclic) bond motifs is 3. The molecule has 2 aliphatic rings. The average molecular weight is 334 g/mol. The molecule has 2 atom stereocenters. The second-order valence-corrected chi connectivity index (χ2v) is 7.28. The molecular weight excluding hydrogens is 312 g/mol. The lowest BCUT2D eigenvalue weighted by Gasteiger charge is -2.35. The lowest BCUT2D eigenvalue weighted by molar-refractivity contribution is 0.0630. The van der Waals surface area contributed by atoms with E-state index < -0.39 is 0 Å². The standard InChI is InChI=1S/C20H22N4O/c1-24-15-4-5-16(24)10-17(9-15)25-20-12-22-19(11-23-20)14-3-2-13-6-7-21-18(13)8-14/h2-3,6-8,11-12,15-17,21H,4-5,9-10H2,1H3. The SMILES string of the molecule is CN1C2CCC1CC(Oc1cnc(-c3ccc4cc[nH]c4c3)cn1)C2. The summed E-state index contributed by atoms with van der Waals surface area (Å²) < 4.78 is 6.13. The van der Waals surface area contributed by atoms with Crippen molar-refractivity contribution in [2.45, 2.75) is 43.9 Å². The molecule has 4 heterocycles. The summed E-state index contributed by atoms with van der Waals surface area (Å²) in [5.74, 6) is 0.638. The van der Waals surface area contributed by atoms with Gasteiger partial charge in [-0.2, -0.15) is 0 Å². The molecule has 25 heavy (non-hydrogen) atoms. The van der Waals surface area contributed by atoms with Gasteiger partial charge in [-0.3, -0.25) is 0 Å². The third-order valence-electron chi connectivity index (χ3n) is 5.82. The molecule has 1 aromatic carbocycles. The van der Waals surface area contributed by atoms with E-state index in [-0.39, 0.29) is 6.10 Å². The molecule has 1 N–H and O–H groups in total. The van der Waals surface area contributed by atoms with Gasteiger partial charge in [0.1, 0.15) is 6.10 Å². The number of benzene rings is 1. The summed E-state index contributed by atoms with van der Waals surface area (Å²) in [5.41, 5.74) is 3.04. The maximum absolute atomic E-state index is 6.13. The van der Waals surface area contributed by atoms with Gasteiger partial charge in [0.05, 0.1) is 18.1 Å². The summed E-state index contributed by atoms with van der Waals surface area (Å²) in [6.45, 7) is 0. The first kappa shape index (κ1) is 14.9. The molecule has 2 saturated heterocycles. The summed E-state index contributed by atoms with van der Waals surface area (Å²) in [6, 6.07) is 9.69. The first-order chi connectivity index (χ1) is 12.3. The largest absolute Gasteiger partial charge is 0.473 e. The van der Waals surface area contributed by atoms with Gasteiger partial charge >= 0.3 is 0 Å². The molecule has 3 aromatic rings. The number of H-pyrrole nitrogens is 1. The maximum atomic E-state index is 6.13.